The van der Waals surface area contributed by atoms with Gasteiger partial charge in [-0.2, -0.15) is 0 Å². The van der Waals surface area contributed by atoms with E-state index in [9.17, 15) is 13.6 Å². The molecule has 2 aromatic heterocycles. The number of halogens is 2. The van der Waals surface area contributed by atoms with Gasteiger partial charge in [-0.1, -0.05) is 30.3 Å². The zero-order valence-electron chi connectivity index (χ0n) is 12.2. The van der Waals surface area contributed by atoms with E-state index in [-0.39, 0.29) is 16.9 Å². The van der Waals surface area contributed by atoms with E-state index in [2.05, 4.69) is 9.97 Å². The zero-order valence-corrected chi connectivity index (χ0v) is 13.0. The van der Waals surface area contributed by atoms with Gasteiger partial charge in [0.05, 0.1) is 5.39 Å². The normalized spacial score (nSPS) is 11.1. The van der Waals surface area contributed by atoms with Crippen molar-refractivity contribution in [1.29, 1.82) is 0 Å². The highest BCUT2D eigenvalue weighted by atomic mass is 32.1. The molecule has 24 heavy (non-hydrogen) atoms. The lowest BCUT2D eigenvalue weighted by molar-refractivity contribution is 0.584. The van der Waals surface area contributed by atoms with Crippen molar-refractivity contribution in [1.82, 2.24) is 9.97 Å². The lowest BCUT2D eigenvalue weighted by atomic mass is 10.2. The van der Waals surface area contributed by atoms with Crippen LogP contribution in [0.1, 0.15) is 0 Å². The third kappa shape index (κ3) is 2.61. The number of H-pyrrole nitrogens is 1. The minimum Gasteiger partial charge on any atom is -0.306 e. The third-order valence-electron chi connectivity index (χ3n) is 3.60. The van der Waals surface area contributed by atoms with E-state index < -0.39 is 11.6 Å². The molecule has 0 fully saturated rings. The van der Waals surface area contributed by atoms with Gasteiger partial charge in [-0.3, -0.25) is 4.79 Å². The number of nitrogens with one attached hydrogen (secondary N) is 1. The van der Waals surface area contributed by atoms with Crippen LogP contribution in [-0.2, 0) is 0 Å². The van der Waals surface area contributed by atoms with Gasteiger partial charge in [-0.25, -0.2) is 13.8 Å². The summed E-state index contributed by atoms with van der Waals surface area (Å²) in [7, 11) is 0. The van der Waals surface area contributed by atoms with E-state index in [4.69, 9.17) is 0 Å². The summed E-state index contributed by atoms with van der Waals surface area (Å²) in [5.41, 5.74) is 0.845. The van der Waals surface area contributed by atoms with Gasteiger partial charge in [-0.05, 0) is 23.8 Å². The number of aromatic amines is 1. The number of hydrogen-bond acceptors (Lipinski definition) is 3. The molecule has 0 aliphatic rings. The number of aromatic nitrogens is 2. The Bertz CT molecular complexity index is 1080. The average molecular weight is 340 g/mol. The molecule has 0 bridgehead atoms. The predicted octanol–water partition coefficient (Wildman–Crippen LogP) is 4.60. The largest absolute Gasteiger partial charge is 0.306 e. The molecule has 0 aliphatic heterocycles. The summed E-state index contributed by atoms with van der Waals surface area (Å²) < 4.78 is 26.8. The van der Waals surface area contributed by atoms with E-state index in [1.807, 2.05) is 30.3 Å². The Morgan fingerprint density at radius 3 is 2.33 bits per heavy atom. The van der Waals surface area contributed by atoms with Gasteiger partial charge in [0.2, 0.25) is 0 Å². The Balaban J connectivity index is 1.90. The van der Waals surface area contributed by atoms with Gasteiger partial charge in [-0.15, -0.1) is 11.3 Å². The molecule has 0 amide bonds. The highest BCUT2D eigenvalue weighted by Gasteiger charge is 2.12. The highest BCUT2D eigenvalue weighted by molar-refractivity contribution is 7.21. The first kappa shape index (κ1) is 14.7. The Morgan fingerprint density at radius 2 is 1.62 bits per heavy atom. The number of rotatable bonds is 2. The second-order valence-corrected chi connectivity index (χ2v) is 6.30. The maximum atomic E-state index is 13.4. The quantitative estimate of drug-likeness (QED) is 0.580. The molecular formula is C18H10F2N2OS. The molecule has 4 rings (SSSR count). The molecule has 4 aromatic rings. The molecular weight excluding hydrogens is 330 g/mol. The molecule has 0 atom stereocenters. The van der Waals surface area contributed by atoms with Crippen LogP contribution in [0.4, 0.5) is 8.78 Å². The van der Waals surface area contributed by atoms with Crippen LogP contribution in [-0.4, -0.2) is 9.97 Å². The molecule has 2 aromatic carbocycles. The molecule has 0 saturated carbocycles. The van der Waals surface area contributed by atoms with Crippen LogP contribution in [0.25, 0.3) is 32.0 Å². The van der Waals surface area contributed by atoms with Gasteiger partial charge in [0.15, 0.2) is 0 Å². The number of benzene rings is 2. The van der Waals surface area contributed by atoms with Crippen molar-refractivity contribution in [3.8, 4) is 21.8 Å². The van der Waals surface area contributed by atoms with Crippen LogP contribution in [0.2, 0.25) is 0 Å². The molecule has 0 radical (unpaired) electrons. The van der Waals surface area contributed by atoms with Crippen molar-refractivity contribution in [3.05, 3.63) is 76.6 Å². The summed E-state index contributed by atoms with van der Waals surface area (Å²) in [6.45, 7) is 0. The fraction of sp³-hybridized carbons (Fsp3) is 0. The van der Waals surface area contributed by atoms with Gasteiger partial charge in [0.25, 0.3) is 5.56 Å². The van der Waals surface area contributed by atoms with Crippen molar-refractivity contribution in [2.75, 3.05) is 0 Å². The smallest absolute Gasteiger partial charge is 0.259 e. The maximum Gasteiger partial charge on any atom is 0.259 e. The van der Waals surface area contributed by atoms with Crippen molar-refractivity contribution < 1.29 is 8.78 Å². The lowest BCUT2D eigenvalue weighted by Crippen LogP contribution is -2.08. The molecule has 0 unspecified atom stereocenters. The average Bonchev–Trinajstić information content (AvgIpc) is 2.99. The van der Waals surface area contributed by atoms with Gasteiger partial charge < -0.3 is 4.98 Å². The lowest BCUT2D eigenvalue weighted by Gasteiger charge is -2.01. The van der Waals surface area contributed by atoms with Gasteiger partial charge >= 0.3 is 0 Å². The van der Waals surface area contributed by atoms with E-state index in [1.165, 1.54) is 11.3 Å². The second kappa shape index (κ2) is 5.65. The molecule has 0 spiro atoms. The van der Waals surface area contributed by atoms with Gasteiger partial charge in [0.1, 0.15) is 22.3 Å². The van der Waals surface area contributed by atoms with Crippen molar-refractivity contribution in [3.63, 3.8) is 0 Å². The number of fused-ring (bicyclic) bond motifs is 1. The van der Waals surface area contributed by atoms with Crippen LogP contribution in [0, 0.1) is 11.6 Å². The fourth-order valence-electron chi connectivity index (χ4n) is 2.50. The number of nitrogens with zero attached hydrogens (tertiary/aromatic N) is 1. The second-order valence-electron chi connectivity index (χ2n) is 5.27. The van der Waals surface area contributed by atoms with E-state index in [0.29, 0.717) is 10.2 Å². The predicted molar refractivity (Wildman–Crippen MR) is 91.0 cm³/mol. The molecule has 0 saturated heterocycles. The standard InChI is InChI=1S/C18H10F2N2OS/c19-12-6-11(7-13(20)8-12)16-21-17(23)14-9-15(24-18(14)22-16)10-4-2-1-3-5-10/h1-9H,(H,21,22,23). The maximum absolute atomic E-state index is 13.4. The van der Waals surface area contributed by atoms with Crippen molar-refractivity contribution in [2.24, 2.45) is 0 Å². The van der Waals surface area contributed by atoms with Crippen molar-refractivity contribution >= 4 is 21.6 Å². The molecule has 3 nitrogen and oxygen atoms in total. The van der Waals surface area contributed by atoms with E-state index in [0.717, 1.165) is 28.6 Å². The Kier molecular flexibility index (Phi) is 3.46. The Labute approximate surface area is 139 Å². The van der Waals surface area contributed by atoms with Crippen LogP contribution in [0.3, 0.4) is 0 Å². The summed E-state index contributed by atoms with van der Waals surface area (Å²) in [5, 5.41) is 0.458. The monoisotopic (exact) mass is 340 g/mol. The first-order valence-corrected chi connectivity index (χ1v) is 7.97. The molecule has 1 N–H and O–H groups in total. The summed E-state index contributed by atoms with van der Waals surface area (Å²) in [4.78, 5) is 20.7. The van der Waals surface area contributed by atoms with Crippen LogP contribution < -0.4 is 5.56 Å². The summed E-state index contributed by atoms with van der Waals surface area (Å²) in [6, 6.07) is 14.5. The Morgan fingerprint density at radius 1 is 0.917 bits per heavy atom. The van der Waals surface area contributed by atoms with Crippen LogP contribution >= 0.6 is 11.3 Å². The molecule has 2 heterocycles. The number of thiophene rings is 1. The van der Waals surface area contributed by atoms with E-state index in [1.54, 1.807) is 6.07 Å². The van der Waals surface area contributed by atoms with Crippen LogP contribution in [0.5, 0.6) is 0 Å². The Hall–Kier alpha value is -2.86. The van der Waals surface area contributed by atoms with Gasteiger partial charge in [0, 0.05) is 16.5 Å². The zero-order chi connectivity index (χ0) is 16.7. The number of hydrogen-bond donors (Lipinski definition) is 1. The topological polar surface area (TPSA) is 45.8 Å². The summed E-state index contributed by atoms with van der Waals surface area (Å²) in [5.74, 6) is -1.29. The first-order valence-electron chi connectivity index (χ1n) is 7.16. The highest BCUT2D eigenvalue weighted by Crippen LogP contribution is 2.31. The minimum atomic E-state index is -0.719. The first-order chi connectivity index (χ1) is 11.6. The van der Waals surface area contributed by atoms with Crippen LogP contribution in [0.15, 0.2) is 59.4 Å². The summed E-state index contributed by atoms with van der Waals surface area (Å²) in [6.07, 6.45) is 0. The third-order valence-corrected chi connectivity index (χ3v) is 4.67. The molecule has 118 valence electrons. The van der Waals surface area contributed by atoms with E-state index >= 15 is 0 Å². The summed E-state index contributed by atoms with van der Waals surface area (Å²) >= 11 is 1.36. The minimum absolute atomic E-state index is 0.146. The molecule has 0 aliphatic carbocycles. The SMILES string of the molecule is O=c1[nH]c(-c2cc(F)cc(F)c2)nc2sc(-c3ccccc3)cc12. The molecule has 6 heteroatoms. The van der Waals surface area contributed by atoms with Crippen molar-refractivity contribution in [2.45, 2.75) is 0 Å². The fourth-order valence-corrected chi connectivity index (χ4v) is 3.54.